The van der Waals surface area contributed by atoms with Crippen molar-refractivity contribution in [3.05, 3.63) is 83.3 Å². The number of aromatic nitrogens is 1. The first-order chi connectivity index (χ1) is 13.6. The lowest BCUT2D eigenvalue weighted by Gasteiger charge is -2.23. The van der Waals surface area contributed by atoms with Crippen LogP contribution in [0.3, 0.4) is 0 Å². The van der Waals surface area contributed by atoms with Gasteiger partial charge in [-0.2, -0.15) is 0 Å². The Hall–Kier alpha value is -3.14. The summed E-state index contributed by atoms with van der Waals surface area (Å²) in [6, 6.07) is 17.5. The molecule has 1 heterocycles. The van der Waals surface area contributed by atoms with Crippen LogP contribution in [0, 0.1) is 5.82 Å². The van der Waals surface area contributed by atoms with Crippen molar-refractivity contribution in [2.24, 2.45) is 0 Å². The van der Waals surface area contributed by atoms with Crippen molar-refractivity contribution in [1.29, 1.82) is 0 Å². The summed E-state index contributed by atoms with van der Waals surface area (Å²) >= 11 is 0. The molecule has 0 amide bonds. The molecule has 0 radical (unpaired) electrons. The van der Waals surface area contributed by atoms with Gasteiger partial charge in [-0.1, -0.05) is 42.5 Å². The molecular weight excluding hydrogens is 353 g/mol. The number of fused-ring (bicyclic) bond motifs is 4. The van der Waals surface area contributed by atoms with Crippen LogP contribution in [0.5, 0.6) is 0 Å². The third-order valence-corrected chi connectivity index (χ3v) is 5.88. The van der Waals surface area contributed by atoms with Crippen molar-refractivity contribution in [3.63, 3.8) is 0 Å². The van der Waals surface area contributed by atoms with Crippen molar-refractivity contribution in [2.45, 2.75) is 31.7 Å². The normalized spacial score (nSPS) is 14.9. The highest BCUT2D eigenvalue weighted by molar-refractivity contribution is 5.93. The van der Waals surface area contributed by atoms with E-state index in [1.807, 2.05) is 47.0 Å². The lowest BCUT2D eigenvalue weighted by molar-refractivity contribution is -0.139. The van der Waals surface area contributed by atoms with Gasteiger partial charge in [-0.3, -0.25) is 0 Å². The maximum atomic E-state index is 14.0. The molecule has 28 heavy (non-hydrogen) atoms. The zero-order valence-corrected chi connectivity index (χ0v) is 15.4. The highest BCUT2D eigenvalue weighted by Crippen LogP contribution is 2.38. The molecule has 3 aromatic carbocycles. The second kappa shape index (κ2) is 6.48. The molecule has 1 aliphatic carbocycles. The first-order valence-electron chi connectivity index (χ1n) is 9.67. The standard InChI is InChI=1S/C24H20FNO2/c25-16-12-13-22-20(14-16)18-9-3-4-11-21(18)26(22)23(24(27)28)19-10-5-7-15-6-1-2-8-17(15)19/h1-2,5-8,10,12-14,23H,3-4,9,11H2,(H,27,28). The highest BCUT2D eigenvalue weighted by Gasteiger charge is 2.30. The van der Waals surface area contributed by atoms with Gasteiger partial charge >= 0.3 is 5.97 Å². The van der Waals surface area contributed by atoms with Gasteiger partial charge in [0.2, 0.25) is 0 Å². The number of carbonyl (C=O) groups is 1. The number of nitrogens with zero attached hydrogens (tertiary/aromatic N) is 1. The molecule has 0 fully saturated rings. The molecule has 1 aliphatic rings. The highest BCUT2D eigenvalue weighted by atomic mass is 19.1. The van der Waals surface area contributed by atoms with Crippen LogP contribution in [-0.4, -0.2) is 15.6 Å². The Morgan fingerprint density at radius 3 is 2.61 bits per heavy atom. The Morgan fingerprint density at radius 2 is 1.75 bits per heavy atom. The van der Waals surface area contributed by atoms with Crippen molar-refractivity contribution >= 4 is 27.6 Å². The minimum Gasteiger partial charge on any atom is -0.479 e. The quantitative estimate of drug-likeness (QED) is 0.516. The maximum Gasteiger partial charge on any atom is 0.331 e. The average Bonchev–Trinajstić information content (AvgIpc) is 3.02. The number of halogens is 1. The molecule has 1 N–H and O–H groups in total. The lowest BCUT2D eigenvalue weighted by atomic mass is 9.94. The van der Waals surface area contributed by atoms with E-state index in [-0.39, 0.29) is 5.82 Å². The van der Waals surface area contributed by atoms with E-state index < -0.39 is 12.0 Å². The number of benzene rings is 3. The molecular formula is C24H20FNO2. The van der Waals surface area contributed by atoms with Crippen LogP contribution in [0.1, 0.15) is 35.7 Å². The topological polar surface area (TPSA) is 42.2 Å². The molecule has 5 rings (SSSR count). The van der Waals surface area contributed by atoms with Gasteiger partial charge in [0, 0.05) is 16.6 Å². The first kappa shape index (κ1) is 17.0. The molecule has 140 valence electrons. The molecule has 1 aromatic heterocycles. The zero-order valence-electron chi connectivity index (χ0n) is 15.4. The second-order valence-electron chi connectivity index (χ2n) is 7.47. The molecule has 0 saturated carbocycles. The molecule has 1 unspecified atom stereocenters. The van der Waals surface area contributed by atoms with Gasteiger partial charge in [-0.05, 0) is 65.8 Å². The van der Waals surface area contributed by atoms with E-state index in [0.717, 1.165) is 64.2 Å². The van der Waals surface area contributed by atoms with Gasteiger partial charge in [0.15, 0.2) is 6.04 Å². The summed E-state index contributed by atoms with van der Waals surface area (Å²) in [7, 11) is 0. The van der Waals surface area contributed by atoms with Gasteiger partial charge in [0.25, 0.3) is 0 Å². The molecule has 0 aliphatic heterocycles. The molecule has 1 atom stereocenters. The average molecular weight is 373 g/mol. The summed E-state index contributed by atoms with van der Waals surface area (Å²) in [4.78, 5) is 12.5. The Kier molecular flexibility index (Phi) is 3.93. The van der Waals surface area contributed by atoms with E-state index in [1.165, 1.54) is 6.07 Å². The van der Waals surface area contributed by atoms with Crippen molar-refractivity contribution in [3.8, 4) is 0 Å². The van der Waals surface area contributed by atoms with Crippen molar-refractivity contribution < 1.29 is 14.3 Å². The first-order valence-corrected chi connectivity index (χ1v) is 9.67. The summed E-state index contributed by atoms with van der Waals surface area (Å²) in [6.07, 6.45) is 3.76. The molecule has 0 saturated heterocycles. The minimum absolute atomic E-state index is 0.282. The van der Waals surface area contributed by atoms with Crippen molar-refractivity contribution in [1.82, 2.24) is 4.57 Å². The number of hydrogen-bond donors (Lipinski definition) is 1. The zero-order chi connectivity index (χ0) is 19.3. The van der Waals surface area contributed by atoms with Gasteiger partial charge in [0.05, 0.1) is 0 Å². The number of aliphatic carboxylic acids is 1. The van der Waals surface area contributed by atoms with E-state index in [4.69, 9.17) is 0 Å². The van der Waals surface area contributed by atoms with Crippen LogP contribution in [0.25, 0.3) is 21.7 Å². The Labute approximate surface area is 162 Å². The van der Waals surface area contributed by atoms with E-state index in [0.29, 0.717) is 0 Å². The summed E-state index contributed by atoms with van der Waals surface area (Å²) in [5, 5.41) is 13.1. The van der Waals surface area contributed by atoms with Crippen LogP contribution < -0.4 is 0 Å². The monoisotopic (exact) mass is 373 g/mol. The largest absolute Gasteiger partial charge is 0.479 e. The fourth-order valence-corrected chi connectivity index (χ4v) is 4.72. The Bertz CT molecular complexity index is 1220. The predicted molar refractivity (Wildman–Crippen MR) is 108 cm³/mol. The molecule has 4 heteroatoms. The summed E-state index contributed by atoms with van der Waals surface area (Å²) < 4.78 is 15.9. The van der Waals surface area contributed by atoms with E-state index >= 15 is 0 Å². The van der Waals surface area contributed by atoms with Crippen LogP contribution in [0.2, 0.25) is 0 Å². The number of carboxylic acid groups (broad SMARTS) is 1. The Balaban J connectivity index is 1.85. The molecule has 3 nitrogen and oxygen atoms in total. The maximum absolute atomic E-state index is 14.0. The summed E-state index contributed by atoms with van der Waals surface area (Å²) in [6.45, 7) is 0. The third kappa shape index (κ3) is 2.52. The summed E-state index contributed by atoms with van der Waals surface area (Å²) in [5.74, 6) is -1.18. The van der Waals surface area contributed by atoms with E-state index in [1.54, 1.807) is 12.1 Å². The summed E-state index contributed by atoms with van der Waals surface area (Å²) in [5.41, 5.74) is 3.70. The van der Waals surface area contributed by atoms with Gasteiger partial charge < -0.3 is 9.67 Å². The fourth-order valence-electron chi connectivity index (χ4n) is 4.72. The number of carboxylic acids is 1. The molecule has 0 bridgehead atoms. The number of rotatable bonds is 3. The SMILES string of the molecule is O=C(O)C(c1cccc2ccccc12)n1c2c(c3cc(F)ccc31)CCCC2. The van der Waals surface area contributed by atoms with Crippen LogP contribution in [0.15, 0.2) is 60.7 Å². The number of aryl methyl sites for hydroxylation is 1. The third-order valence-electron chi connectivity index (χ3n) is 5.88. The van der Waals surface area contributed by atoms with Crippen LogP contribution >= 0.6 is 0 Å². The van der Waals surface area contributed by atoms with Crippen LogP contribution in [0.4, 0.5) is 4.39 Å². The Morgan fingerprint density at radius 1 is 0.964 bits per heavy atom. The van der Waals surface area contributed by atoms with E-state index in [2.05, 4.69) is 0 Å². The molecule has 0 spiro atoms. The minimum atomic E-state index is -0.897. The van der Waals surface area contributed by atoms with Crippen LogP contribution in [-0.2, 0) is 17.6 Å². The predicted octanol–water partition coefficient (Wildman–Crippen LogP) is 5.49. The van der Waals surface area contributed by atoms with E-state index in [9.17, 15) is 14.3 Å². The van der Waals surface area contributed by atoms with Gasteiger partial charge in [-0.15, -0.1) is 0 Å². The second-order valence-corrected chi connectivity index (χ2v) is 7.47. The smallest absolute Gasteiger partial charge is 0.331 e. The lowest BCUT2D eigenvalue weighted by Crippen LogP contribution is -2.23. The van der Waals surface area contributed by atoms with Crippen molar-refractivity contribution in [2.75, 3.05) is 0 Å². The van der Waals surface area contributed by atoms with Gasteiger partial charge in [0.1, 0.15) is 5.82 Å². The number of hydrogen-bond acceptors (Lipinski definition) is 1. The molecule has 4 aromatic rings. The van der Waals surface area contributed by atoms with Gasteiger partial charge in [-0.25, -0.2) is 9.18 Å². The fraction of sp³-hybridized carbons (Fsp3) is 0.208.